The molecule has 128 valence electrons. The van der Waals surface area contributed by atoms with Gasteiger partial charge in [0.1, 0.15) is 5.82 Å². The Hall–Kier alpha value is -2.15. The van der Waals surface area contributed by atoms with Gasteiger partial charge in [-0.3, -0.25) is 9.59 Å². The van der Waals surface area contributed by atoms with Gasteiger partial charge >= 0.3 is 0 Å². The van der Waals surface area contributed by atoms with Crippen molar-refractivity contribution in [3.63, 3.8) is 0 Å². The number of hydrogen-bond acceptors (Lipinski definition) is 4. The molecule has 0 unspecified atom stereocenters. The lowest BCUT2D eigenvalue weighted by Gasteiger charge is -2.19. The minimum atomic E-state index is -0.442. The standard InChI is InChI=1S/C17H20FN3O2S/c1-10(2)14(24-17-20-8-11(3)15(22)21-17)16(23)19-9-12-6-4-5-7-13(12)18/h4-8,10,14H,9H2,1-3H3,(H,19,23)(H,20,21,22)/t14-/m0/s1. The molecule has 0 aliphatic carbocycles. The van der Waals surface area contributed by atoms with Crippen molar-refractivity contribution in [2.45, 2.75) is 37.7 Å². The minimum Gasteiger partial charge on any atom is -0.351 e. The normalized spacial score (nSPS) is 12.2. The molecule has 0 saturated carbocycles. The van der Waals surface area contributed by atoms with Crippen LogP contribution in [0.1, 0.15) is 25.0 Å². The number of rotatable bonds is 6. The van der Waals surface area contributed by atoms with E-state index in [0.29, 0.717) is 16.3 Å². The molecular weight excluding hydrogens is 329 g/mol. The number of thioether (sulfide) groups is 1. The van der Waals surface area contributed by atoms with Gasteiger partial charge in [-0.25, -0.2) is 9.37 Å². The van der Waals surface area contributed by atoms with E-state index in [1.807, 2.05) is 13.8 Å². The van der Waals surface area contributed by atoms with Gasteiger partial charge in [0.2, 0.25) is 5.91 Å². The summed E-state index contributed by atoms with van der Waals surface area (Å²) in [5.41, 5.74) is 0.728. The summed E-state index contributed by atoms with van der Waals surface area (Å²) in [6.45, 7) is 5.60. The van der Waals surface area contributed by atoms with Gasteiger partial charge in [0.25, 0.3) is 5.56 Å². The van der Waals surface area contributed by atoms with Crippen molar-refractivity contribution < 1.29 is 9.18 Å². The monoisotopic (exact) mass is 349 g/mol. The van der Waals surface area contributed by atoms with Crippen LogP contribution in [0, 0.1) is 18.7 Å². The summed E-state index contributed by atoms with van der Waals surface area (Å²) in [4.78, 5) is 30.9. The first-order valence-electron chi connectivity index (χ1n) is 7.62. The molecule has 0 bridgehead atoms. The molecule has 0 aliphatic rings. The largest absolute Gasteiger partial charge is 0.351 e. The number of aromatic nitrogens is 2. The Kier molecular flexibility index (Phi) is 6.14. The van der Waals surface area contributed by atoms with Crippen molar-refractivity contribution in [2.75, 3.05) is 0 Å². The van der Waals surface area contributed by atoms with Crippen molar-refractivity contribution in [2.24, 2.45) is 5.92 Å². The van der Waals surface area contributed by atoms with Gasteiger partial charge in [-0.1, -0.05) is 43.8 Å². The van der Waals surface area contributed by atoms with Crippen LogP contribution in [-0.2, 0) is 11.3 Å². The number of hydrogen-bond donors (Lipinski definition) is 2. The van der Waals surface area contributed by atoms with Crippen LogP contribution in [0.2, 0.25) is 0 Å². The zero-order valence-electron chi connectivity index (χ0n) is 13.8. The van der Waals surface area contributed by atoms with Gasteiger partial charge in [-0.15, -0.1) is 0 Å². The highest BCUT2D eigenvalue weighted by Crippen LogP contribution is 2.25. The van der Waals surface area contributed by atoms with Crippen LogP contribution >= 0.6 is 11.8 Å². The summed E-state index contributed by atoms with van der Waals surface area (Å²) >= 11 is 1.19. The summed E-state index contributed by atoms with van der Waals surface area (Å²) in [6, 6.07) is 6.32. The van der Waals surface area contributed by atoms with Crippen molar-refractivity contribution in [1.29, 1.82) is 0 Å². The quantitative estimate of drug-likeness (QED) is 0.621. The number of aromatic amines is 1. The maximum atomic E-state index is 13.6. The number of amides is 1. The summed E-state index contributed by atoms with van der Waals surface area (Å²) < 4.78 is 13.6. The Morgan fingerprint density at radius 3 is 2.71 bits per heavy atom. The first-order chi connectivity index (χ1) is 11.4. The van der Waals surface area contributed by atoms with E-state index in [1.54, 1.807) is 25.1 Å². The summed E-state index contributed by atoms with van der Waals surface area (Å²) in [5.74, 6) is -0.556. The highest BCUT2D eigenvalue weighted by molar-refractivity contribution is 8.00. The molecule has 0 spiro atoms. The van der Waals surface area contributed by atoms with Crippen LogP contribution in [0.25, 0.3) is 0 Å². The van der Waals surface area contributed by atoms with Crippen molar-refractivity contribution >= 4 is 17.7 Å². The zero-order chi connectivity index (χ0) is 17.7. The van der Waals surface area contributed by atoms with Crippen LogP contribution in [0.15, 0.2) is 40.4 Å². The third-order valence-corrected chi connectivity index (χ3v) is 4.91. The van der Waals surface area contributed by atoms with Crippen LogP contribution in [-0.4, -0.2) is 21.1 Å². The molecule has 7 heteroatoms. The number of carbonyl (C=O) groups excluding carboxylic acids is 1. The molecule has 0 aliphatic heterocycles. The molecule has 2 N–H and O–H groups in total. The Balaban J connectivity index is 2.06. The molecule has 0 radical (unpaired) electrons. The maximum absolute atomic E-state index is 13.6. The second kappa shape index (κ2) is 8.10. The van der Waals surface area contributed by atoms with Crippen LogP contribution in [0.5, 0.6) is 0 Å². The molecule has 1 aromatic carbocycles. The third-order valence-electron chi connectivity index (χ3n) is 3.47. The Labute approximate surface area is 144 Å². The highest BCUT2D eigenvalue weighted by Gasteiger charge is 2.24. The number of nitrogens with zero attached hydrogens (tertiary/aromatic N) is 1. The van der Waals surface area contributed by atoms with Gasteiger partial charge in [-0.2, -0.15) is 0 Å². The fourth-order valence-electron chi connectivity index (χ4n) is 2.04. The average molecular weight is 349 g/mol. The first-order valence-corrected chi connectivity index (χ1v) is 8.50. The Bertz CT molecular complexity index is 776. The van der Waals surface area contributed by atoms with E-state index in [2.05, 4.69) is 15.3 Å². The second-order valence-electron chi connectivity index (χ2n) is 5.79. The van der Waals surface area contributed by atoms with E-state index < -0.39 is 5.25 Å². The fraction of sp³-hybridized carbons (Fsp3) is 0.353. The van der Waals surface area contributed by atoms with Crippen LogP contribution in [0.4, 0.5) is 4.39 Å². The molecule has 0 fully saturated rings. The van der Waals surface area contributed by atoms with E-state index in [0.717, 1.165) is 0 Å². The third kappa shape index (κ3) is 4.67. The average Bonchev–Trinajstić information content (AvgIpc) is 2.54. The number of benzene rings is 1. The van der Waals surface area contributed by atoms with Crippen LogP contribution in [0.3, 0.4) is 0 Å². The fourth-order valence-corrected chi connectivity index (χ4v) is 3.01. The second-order valence-corrected chi connectivity index (χ2v) is 6.92. The molecule has 2 rings (SSSR count). The van der Waals surface area contributed by atoms with Gasteiger partial charge in [-0.05, 0) is 18.9 Å². The smallest absolute Gasteiger partial charge is 0.254 e. The van der Waals surface area contributed by atoms with Crippen molar-refractivity contribution in [3.8, 4) is 0 Å². The maximum Gasteiger partial charge on any atom is 0.254 e. The van der Waals surface area contributed by atoms with E-state index in [-0.39, 0.29) is 29.7 Å². The molecular formula is C17H20FN3O2S. The first kappa shape index (κ1) is 18.2. The molecule has 5 nitrogen and oxygen atoms in total. The summed E-state index contributed by atoms with van der Waals surface area (Å²) in [5, 5.41) is 2.70. The minimum absolute atomic E-state index is 0.0159. The van der Waals surface area contributed by atoms with Crippen molar-refractivity contribution in [1.82, 2.24) is 15.3 Å². The predicted octanol–water partition coefficient (Wildman–Crippen LogP) is 2.65. The Morgan fingerprint density at radius 1 is 1.38 bits per heavy atom. The molecule has 1 atom stereocenters. The van der Waals surface area contributed by atoms with Gasteiger partial charge < -0.3 is 10.3 Å². The number of carbonyl (C=O) groups is 1. The SMILES string of the molecule is Cc1cnc(S[C@H](C(=O)NCc2ccccc2F)C(C)C)[nH]c1=O. The Morgan fingerprint density at radius 2 is 2.08 bits per heavy atom. The van der Waals surface area contributed by atoms with E-state index >= 15 is 0 Å². The molecule has 1 aromatic heterocycles. The molecule has 1 heterocycles. The summed E-state index contributed by atoms with van der Waals surface area (Å²) in [7, 11) is 0. The molecule has 0 saturated heterocycles. The lowest BCUT2D eigenvalue weighted by Crippen LogP contribution is -2.35. The van der Waals surface area contributed by atoms with Gasteiger partial charge in [0.05, 0.1) is 5.25 Å². The lowest BCUT2D eigenvalue weighted by atomic mass is 10.1. The molecule has 1 amide bonds. The molecule has 24 heavy (non-hydrogen) atoms. The topological polar surface area (TPSA) is 74.8 Å². The number of nitrogens with one attached hydrogen (secondary N) is 2. The van der Waals surface area contributed by atoms with E-state index in [4.69, 9.17) is 0 Å². The van der Waals surface area contributed by atoms with Crippen LogP contribution < -0.4 is 10.9 Å². The van der Waals surface area contributed by atoms with Crippen molar-refractivity contribution in [3.05, 3.63) is 57.8 Å². The van der Waals surface area contributed by atoms with E-state index in [1.165, 1.54) is 24.0 Å². The number of aryl methyl sites for hydroxylation is 1. The summed E-state index contributed by atoms with van der Waals surface area (Å²) in [6.07, 6.45) is 1.48. The number of H-pyrrole nitrogens is 1. The highest BCUT2D eigenvalue weighted by atomic mass is 32.2. The van der Waals surface area contributed by atoms with Gasteiger partial charge in [0, 0.05) is 23.9 Å². The zero-order valence-corrected chi connectivity index (χ0v) is 14.6. The van der Waals surface area contributed by atoms with Gasteiger partial charge in [0.15, 0.2) is 5.16 Å². The predicted molar refractivity (Wildman–Crippen MR) is 92.3 cm³/mol. The van der Waals surface area contributed by atoms with E-state index in [9.17, 15) is 14.0 Å². The lowest BCUT2D eigenvalue weighted by molar-refractivity contribution is -0.121. The molecule has 2 aromatic rings. The number of halogens is 1.